The summed E-state index contributed by atoms with van der Waals surface area (Å²) in [7, 11) is 0. The maximum absolute atomic E-state index is 5.74. The topological polar surface area (TPSA) is 43.1 Å². The summed E-state index contributed by atoms with van der Waals surface area (Å²) >= 11 is 5.74. The van der Waals surface area contributed by atoms with Crippen molar-refractivity contribution < 1.29 is 0 Å². The minimum Gasteiger partial charge on any atom is -0.269 e. The second kappa shape index (κ2) is 3.92. The number of hydrogen-bond acceptors (Lipinski definition) is 3. The first-order valence-electron chi connectivity index (χ1n) is 4.66. The minimum absolute atomic E-state index is 0.451. The molecule has 0 aliphatic carbocycles. The molecule has 0 saturated carbocycles. The van der Waals surface area contributed by atoms with Gasteiger partial charge in [-0.15, -0.1) is 10.2 Å². The van der Waals surface area contributed by atoms with E-state index in [-0.39, 0.29) is 0 Å². The van der Waals surface area contributed by atoms with E-state index in [1.54, 1.807) is 12.4 Å². The van der Waals surface area contributed by atoms with E-state index in [1.807, 2.05) is 4.40 Å². The number of rotatable bonds is 3. The fourth-order valence-electron chi connectivity index (χ4n) is 1.32. The molecule has 0 fully saturated rings. The summed E-state index contributed by atoms with van der Waals surface area (Å²) in [4.78, 5) is 4.00. The second-order valence-corrected chi connectivity index (χ2v) is 3.55. The molecular weight excluding hydrogens is 200 g/mol. The summed E-state index contributed by atoms with van der Waals surface area (Å²) in [5.41, 5.74) is 0.760. The van der Waals surface area contributed by atoms with Gasteiger partial charge in [0.2, 0.25) is 0 Å². The van der Waals surface area contributed by atoms with Gasteiger partial charge in [0.05, 0.1) is 0 Å². The molecule has 5 heteroatoms. The molecule has 0 aromatic carbocycles. The van der Waals surface area contributed by atoms with E-state index in [0.717, 1.165) is 30.7 Å². The number of nitrogens with zero attached hydrogens (tertiary/aromatic N) is 4. The molecule has 0 N–H and O–H groups in total. The van der Waals surface area contributed by atoms with E-state index in [2.05, 4.69) is 22.1 Å². The SMILES string of the molecule is CCCCc1nnc2cc(Cl)ncn12. The number of hydrogen-bond donors (Lipinski definition) is 0. The predicted molar refractivity (Wildman–Crippen MR) is 54.4 cm³/mol. The molecule has 74 valence electrons. The lowest BCUT2D eigenvalue weighted by atomic mass is 10.2. The maximum Gasteiger partial charge on any atom is 0.165 e. The lowest BCUT2D eigenvalue weighted by Gasteiger charge is -1.97. The highest BCUT2D eigenvalue weighted by Gasteiger charge is 2.04. The lowest BCUT2D eigenvalue weighted by molar-refractivity contribution is 0.741. The van der Waals surface area contributed by atoms with Crippen LogP contribution in [-0.4, -0.2) is 19.6 Å². The molecule has 0 saturated heterocycles. The van der Waals surface area contributed by atoms with E-state index in [0.29, 0.717) is 5.15 Å². The zero-order chi connectivity index (χ0) is 9.97. The quantitative estimate of drug-likeness (QED) is 0.729. The van der Waals surface area contributed by atoms with Crippen molar-refractivity contribution >= 4 is 17.2 Å². The Balaban J connectivity index is 2.37. The molecular formula is C9H11ClN4. The monoisotopic (exact) mass is 210 g/mol. The predicted octanol–water partition coefficient (Wildman–Crippen LogP) is 2.12. The van der Waals surface area contributed by atoms with Crippen LogP contribution in [0.5, 0.6) is 0 Å². The molecule has 0 aliphatic rings. The lowest BCUT2D eigenvalue weighted by Crippen LogP contribution is -1.95. The van der Waals surface area contributed by atoms with Gasteiger partial charge in [-0.25, -0.2) is 4.98 Å². The zero-order valence-electron chi connectivity index (χ0n) is 7.94. The Kier molecular flexibility index (Phi) is 2.63. The Morgan fingerprint density at radius 2 is 2.29 bits per heavy atom. The smallest absolute Gasteiger partial charge is 0.165 e. The van der Waals surface area contributed by atoms with E-state index in [1.165, 1.54) is 0 Å². The third-order valence-corrected chi connectivity index (χ3v) is 2.30. The zero-order valence-corrected chi connectivity index (χ0v) is 8.70. The third kappa shape index (κ3) is 1.70. The molecule has 0 amide bonds. The largest absolute Gasteiger partial charge is 0.269 e. The Morgan fingerprint density at radius 3 is 3.07 bits per heavy atom. The van der Waals surface area contributed by atoms with Crippen molar-refractivity contribution in [2.75, 3.05) is 0 Å². The van der Waals surface area contributed by atoms with Crippen LogP contribution in [0.25, 0.3) is 5.65 Å². The van der Waals surface area contributed by atoms with Crippen molar-refractivity contribution in [2.45, 2.75) is 26.2 Å². The summed E-state index contributed by atoms with van der Waals surface area (Å²) in [5.74, 6) is 0.950. The van der Waals surface area contributed by atoms with Gasteiger partial charge >= 0.3 is 0 Å². The van der Waals surface area contributed by atoms with Gasteiger partial charge in [0, 0.05) is 12.5 Å². The highest BCUT2D eigenvalue weighted by Crippen LogP contribution is 2.09. The highest BCUT2D eigenvalue weighted by atomic mass is 35.5. The first kappa shape index (κ1) is 9.40. The van der Waals surface area contributed by atoms with Gasteiger partial charge in [0.25, 0.3) is 0 Å². The summed E-state index contributed by atoms with van der Waals surface area (Å²) in [5, 5.41) is 8.56. The van der Waals surface area contributed by atoms with Crippen molar-refractivity contribution in [3.05, 3.63) is 23.4 Å². The maximum atomic E-state index is 5.74. The van der Waals surface area contributed by atoms with E-state index < -0.39 is 0 Å². The molecule has 2 rings (SSSR count). The summed E-state index contributed by atoms with van der Waals surface area (Å²) in [6.45, 7) is 2.15. The van der Waals surface area contributed by atoms with Crippen LogP contribution in [0, 0.1) is 0 Å². The highest BCUT2D eigenvalue weighted by molar-refractivity contribution is 6.29. The van der Waals surface area contributed by atoms with Crippen molar-refractivity contribution in [3.63, 3.8) is 0 Å². The molecule has 0 bridgehead atoms. The van der Waals surface area contributed by atoms with Crippen LogP contribution in [0.1, 0.15) is 25.6 Å². The summed E-state index contributed by atoms with van der Waals surface area (Å²) in [6, 6.07) is 1.71. The Hall–Kier alpha value is -1.16. The normalized spacial score (nSPS) is 11.0. The number of unbranched alkanes of at least 4 members (excludes halogenated alkanes) is 1. The molecule has 0 atom stereocenters. The van der Waals surface area contributed by atoms with Gasteiger partial charge in [-0.2, -0.15) is 0 Å². The Morgan fingerprint density at radius 1 is 1.43 bits per heavy atom. The second-order valence-electron chi connectivity index (χ2n) is 3.16. The van der Waals surface area contributed by atoms with Crippen molar-refractivity contribution in [2.24, 2.45) is 0 Å². The van der Waals surface area contributed by atoms with E-state index in [9.17, 15) is 0 Å². The summed E-state index contributed by atoms with van der Waals surface area (Å²) in [6.07, 6.45) is 4.86. The fourth-order valence-corrected chi connectivity index (χ4v) is 1.47. The van der Waals surface area contributed by atoms with E-state index in [4.69, 9.17) is 11.6 Å². The van der Waals surface area contributed by atoms with Crippen LogP contribution in [0.15, 0.2) is 12.4 Å². The molecule has 2 aromatic rings. The Labute approximate surface area is 86.9 Å². The van der Waals surface area contributed by atoms with Crippen LogP contribution in [0.2, 0.25) is 5.15 Å². The van der Waals surface area contributed by atoms with E-state index >= 15 is 0 Å². The fraction of sp³-hybridized carbons (Fsp3) is 0.444. The standard InChI is InChI=1S/C9H11ClN4/c1-2-3-4-8-12-13-9-5-7(10)11-6-14(8)9/h5-6H,2-4H2,1H3. The number of aromatic nitrogens is 4. The van der Waals surface area contributed by atoms with Crippen LogP contribution < -0.4 is 0 Å². The van der Waals surface area contributed by atoms with Gasteiger partial charge in [-0.05, 0) is 6.42 Å². The first-order chi connectivity index (χ1) is 6.81. The molecule has 0 unspecified atom stereocenters. The van der Waals surface area contributed by atoms with Crippen molar-refractivity contribution in [1.82, 2.24) is 19.6 Å². The van der Waals surface area contributed by atoms with Crippen LogP contribution in [0.3, 0.4) is 0 Å². The van der Waals surface area contributed by atoms with Crippen LogP contribution in [-0.2, 0) is 6.42 Å². The number of halogens is 1. The molecule has 0 spiro atoms. The van der Waals surface area contributed by atoms with Crippen molar-refractivity contribution in [1.29, 1.82) is 0 Å². The molecule has 2 heterocycles. The van der Waals surface area contributed by atoms with Gasteiger partial charge in [-0.1, -0.05) is 24.9 Å². The van der Waals surface area contributed by atoms with Crippen molar-refractivity contribution in [3.8, 4) is 0 Å². The minimum atomic E-state index is 0.451. The molecule has 0 aliphatic heterocycles. The van der Waals surface area contributed by atoms with Crippen LogP contribution in [0.4, 0.5) is 0 Å². The molecule has 14 heavy (non-hydrogen) atoms. The first-order valence-corrected chi connectivity index (χ1v) is 5.04. The Bertz CT molecular complexity index is 437. The third-order valence-electron chi connectivity index (χ3n) is 2.09. The number of fused-ring (bicyclic) bond motifs is 1. The average molecular weight is 211 g/mol. The summed E-state index contributed by atoms with van der Waals surface area (Å²) < 4.78 is 1.88. The number of aryl methyl sites for hydroxylation is 1. The molecule has 2 aromatic heterocycles. The van der Waals surface area contributed by atoms with Gasteiger partial charge in [-0.3, -0.25) is 4.40 Å². The van der Waals surface area contributed by atoms with Gasteiger partial charge < -0.3 is 0 Å². The molecule has 4 nitrogen and oxygen atoms in total. The van der Waals surface area contributed by atoms with Crippen LogP contribution >= 0.6 is 11.6 Å². The average Bonchev–Trinajstić information content (AvgIpc) is 2.57. The molecule has 0 radical (unpaired) electrons. The van der Waals surface area contributed by atoms with Gasteiger partial charge in [0.1, 0.15) is 17.3 Å². The van der Waals surface area contributed by atoms with Gasteiger partial charge in [0.15, 0.2) is 5.65 Å².